The molecule has 0 radical (unpaired) electrons. The Morgan fingerprint density at radius 2 is 2.44 bits per heavy atom. The largest absolute Gasteiger partial charge is 0.463 e. The van der Waals surface area contributed by atoms with Gasteiger partial charge >= 0.3 is 0 Å². The molecule has 0 spiro atoms. The van der Waals surface area contributed by atoms with E-state index in [1.807, 2.05) is 0 Å². The van der Waals surface area contributed by atoms with Crippen molar-refractivity contribution in [2.75, 3.05) is 6.56 Å². The summed E-state index contributed by atoms with van der Waals surface area (Å²) in [5.74, 6) is 4.77. The lowest BCUT2D eigenvalue weighted by atomic mass is 10.4. The van der Waals surface area contributed by atoms with Gasteiger partial charge in [0.25, 0.3) is 0 Å². The fourth-order valence-corrected chi connectivity index (χ4v) is 1.28. The summed E-state index contributed by atoms with van der Waals surface area (Å²) in [5, 5.41) is 0.239. The highest BCUT2D eigenvalue weighted by Crippen LogP contribution is 2.18. The number of aromatic nitrogens is 3. The molecule has 0 aliphatic carbocycles. The molecule has 0 N–H and O–H groups in total. The van der Waals surface area contributed by atoms with Gasteiger partial charge in [-0.1, -0.05) is 17.5 Å². The number of nitrogens with zero attached hydrogens (tertiary/aromatic N) is 3. The number of fused-ring (bicyclic) bond motifs is 1. The predicted molar refractivity (Wildman–Crippen MR) is 61.3 cm³/mol. The van der Waals surface area contributed by atoms with Gasteiger partial charge in [-0.05, 0) is 13.0 Å². The van der Waals surface area contributed by atoms with Crippen LogP contribution in [0.3, 0.4) is 0 Å². The van der Waals surface area contributed by atoms with Crippen molar-refractivity contribution in [3.8, 4) is 17.7 Å². The Balaban J connectivity index is 2.39. The molecule has 0 fully saturated rings. The molecule has 0 bridgehead atoms. The van der Waals surface area contributed by atoms with Gasteiger partial charge in [0.15, 0.2) is 11.7 Å². The number of pyridine rings is 1. The topological polar surface area (TPSA) is 47.9 Å². The second-order valence-electron chi connectivity index (χ2n) is 2.76. The smallest absolute Gasteiger partial charge is 0.233 e. The van der Waals surface area contributed by atoms with Crippen LogP contribution >= 0.6 is 11.6 Å². The van der Waals surface area contributed by atoms with Gasteiger partial charge in [-0.3, -0.25) is 0 Å². The molecule has 2 rings (SSSR count). The van der Waals surface area contributed by atoms with E-state index in [1.54, 1.807) is 6.07 Å². The third kappa shape index (κ3) is 2.20. The Labute approximate surface area is 100 Å². The monoisotopic (exact) mass is 235 g/mol. The predicted octanol–water partition coefficient (Wildman–Crippen LogP) is 2.08. The van der Waals surface area contributed by atoms with Crippen molar-refractivity contribution in [2.24, 2.45) is 0 Å². The number of ether oxygens (including phenoxy) is 1. The van der Waals surface area contributed by atoms with Crippen LogP contribution in [0.5, 0.6) is 5.88 Å². The zero-order chi connectivity index (χ0) is 13.2. The van der Waals surface area contributed by atoms with Crippen LogP contribution in [-0.4, -0.2) is 21.5 Å². The van der Waals surface area contributed by atoms with Crippen molar-refractivity contribution < 1.29 is 7.48 Å². The summed E-state index contributed by atoms with van der Waals surface area (Å²) in [7, 11) is 0. The SMILES string of the molecule is [2H]C([2H])(C#CC)Oc1cnc2c(Cl)nccc2n1. The Kier molecular flexibility index (Phi) is 2.48. The van der Waals surface area contributed by atoms with Gasteiger partial charge in [-0.15, -0.1) is 5.92 Å². The Bertz CT molecular complexity index is 652. The third-order valence-corrected chi connectivity index (χ3v) is 2.00. The molecule has 4 nitrogen and oxygen atoms in total. The lowest BCUT2D eigenvalue weighted by Gasteiger charge is -2.02. The van der Waals surface area contributed by atoms with Gasteiger partial charge in [-0.25, -0.2) is 15.0 Å². The van der Waals surface area contributed by atoms with Gasteiger partial charge in [0.2, 0.25) is 5.88 Å². The zero-order valence-corrected chi connectivity index (χ0v) is 9.12. The van der Waals surface area contributed by atoms with Crippen LogP contribution in [0.1, 0.15) is 9.67 Å². The molecule has 80 valence electrons. The molecule has 0 aromatic carbocycles. The molecule has 0 unspecified atom stereocenters. The summed E-state index contributed by atoms with van der Waals surface area (Å²) in [6, 6.07) is 1.61. The summed E-state index contributed by atoms with van der Waals surface area (Å²) in [6.45, 7) is -0.577. The van der Waals surface area contributed by atoms with E-state index in [-0.39, 0.29) is 11.0 Å². The van der Waals surface area contributed by atoms with Crippen LogP contribution in [-0.2, 0) is 0 Å². The summed E-state index contributed by atoms with van der Waals surface area (Å²) >= 11 is 5.84. The second kappa shape index (κ2) is 4.77. The fraction of sp³-hybridized carbons (Fsp3) is 0.182. The number of rotatable bonds is 2. The molecule has 5 heteroatoms. The molecule has 16 heavy (non-hydrogen) atoms. The summed E-state index contributed by atoms with van der Waals surface area (Å²) in [6.07, 6.45) is 2.77. The van der Waals surface area contributed by atoms with E-state index in [0.717, 1.165) is 0 Å². The van der Waals surface area contributed by atoms with Crippen LogP contribution in [0.2, 0.25) is 5.15 Å². The molecule has 0 saturated carbocycles. The molecule has 0 saturated heterocycles. The lowest BCUT2D eigenvalue weighted by molar-refractivity contribution is 0.355. The van der Waals surface area contributed by atoms with Crippen molar-refractivity contribution in [1.29, 1.82) is 0 Å². The highest BCUT2D eigenvalue weighted by atomic mass is 35.5. The zero-order valence-electron chi connectivity index (χ0n) is 10.4. The molecule has 0 aliphatic rings. The molecule has 2 aromatic rings. The van der Waals surface area contributed by atoms with Gasteiger partial charge in [0.1, 0.15) is 5.52 Å². The normalized spacial score (nSPS) is 12.4. The third-order valence-electron chi connectivity index (χ3n) is 1.72. The minimum atomic E-state index is -2.10. The molecular weight excluding hydrogens is 226 g/mol. The average molecular weight is 236 g/mol. The van der Waals surface area contributed by atoms with Crippen molar-refractivity contribution in [2.45, 2.75) is 6.92 Å². The van der Waals surface area contributed by atoms with E-state index >= 15 is 0 Å². The summed E-state index contributed by atoms with van der Waals surface area (Å²) in [5.41, 5.74) is 0.918. The van der Waals surface area contributed by atoms with Crippen molar-refractivity contribution in [3.63, 3.8) is 0 Å². The number of hydrogen-bond acceptors (Lipinski definition) is 4. The van der Waals surface area contributed by atoms with Crippen molar-refractivity contribution >= 4 is 22.6 Å². The highest BCUT2D eigenvalue weighted by molar-refractivity contribution is 6.33. The van der Waals surface area contributed by atoms with Crippen molar-refractivity contribution in [1.82, 2.24) is 15.0 Å². The first-order chi connectivity index (χ1) is 8.52. The van der Waals surface area contributed by atoms with E-state index in [9.17, 15) is 0 Å². The van der Waals surface area contributed by atoms with Crippen LogP contribution in [0, 0.1) is 11.8 Å². The first-order valence-corrected chi connectivity index (χ1v) is 4.80. The molecule has 2 aromatic heterocycles. The summed E-state index contributed by atoms with van der Waals surface area (Å²) < 4.78 is 20.0. The average Bonchev–Trinajstić information content (AvgIpc) is 2.28. The molecule has 2 heterocycles. The highest BCUT2D eigenvalue weighted by Gasteiger charge is 2.04. The van der Waals surface area contributed by atoms with E-state index in [0.29, 0.717) is 11.0 Å². The molecule has 0 aliphatic heterocycles. The summed E-state index contributed by atoms with van der Waals surface area (Å²) in [4.78, 5) is 12.0. The Morgan fingerprint density at radius 3 is 3.25 bits per heavy atom. The molecule has 0 amide bonds. The van der Waals surface area contributed by atoms with Crippen molar-refractivity contribution in [3.05, 3.63) is 23.6 Å². The maximum Gasteiger partial charge on any atom is 0.233 e. The maximum absolute atomic E-state index is 7.48. The van der Waals surface area contributed by atoms with E-state index in [1.165, 1.54) is 19.3 Å². The number of hydrogen-bond donors (Lipinski definition) is 0. The first kappa shape index (κ1) is 8.31. The quantitative estimate of drug-likeness (QED) is 0.591. The van der Waals surface area contributed by atoms with Gasteiger partial charge < -0.3 is 4.74 Å². The van der Waals surface area contributed by atoms with E-state index in [2.05, 4.69) is 26.8 Å². The first-order valence-electron chi connectivity index (χ1n) is 5.42. The Morgan fingerprint density at radius 1 is 1.56 bits per heavy atom. The van der Waals surface area contributed by atoms with E-state index < -0.39 is 6.56 Å². The van der Waals surface area contributed by atoms with Gasteiger partial charge in [0, 0.05) is 6.20 Å². The second-order valence-corrected chi connectivity index (χ2v) is 3.11. The van der Waals surface area contributed by atoms with Crippen LogP contribution in [0.25, 0.3) is 11.0 Å². The van der Waals surface area contributed by atoms with E-state index in [4.69, 9.17) is 19.1 Å². The molecular formula is C11H8ClN3O. The minimum Gasteiger partial charge on any atom is -0.463 e. The standard InChI is InChI=1S/C11H8ClN3O/c1-2-3-6-16-9-7-14-10-8(15-9)4-5-13-11(10)12/h4-5,7H,6H2,1H3/i6D2. The van der Waals surface area contributed by atoms with Gasteiger partial charge in [-0.2, -0.15) is 0 Å². The number of halogens is 1. The maximum atomic E-state index is 7.48. The lowest BCUT2D eigenvalue weighted by Crippen LogP contribution is -1.97. The molecule has 0 atom stereocenters. The fourth-order valence-electron chi connectivity index (χ4n) is 1.07. The van der Waals surface area contributed by atoms with Crippen LogP contribution < -0.4 is 4.74 Å². The van der Waals surface area contributed by atoms with Crippen LogP contribution in [0.4, 0.5) is 0 Å². The van der Waals surface area contributed by atoms with Gasteiger partial charge in [0.05, 0.1) is 14.5 Å². The Hall–Kier alpha value is -1.86. The van der Waals surface area contributed by atoms with Crippen LogP contribution in [0.15, 0.2) is 18.5 Å². The minimum absolute atomic E-state index is 0.0394.